The van der Waals surface area contributed by atoms with Gasteiger partial charge < -0.3 is 5.32 Å². The molecule has 2 heterocycles. The predicted octanol–water partition coefficient (Wildman–Crippen LogP) is 5.87. The fourth-order valence-electron chi connectivity index (χ4n) is 3.01. The molecule has 0 fully saturated rings. The number of amides is 1. The maximum atomic E-state index is 12.5. The molecule has 1 aromatic carbocycles. The van der Waals surface area contributed by atoms with Gasteiger partial charge >= 0.3 is 0 Å². The summed E-state index contributed by atoms with van der Waals surface area (Å²) in [5.41, 5.74) is 3.53. The Bertz CT molecular complexity index is 917. The summed E-state index contributed by atoms with van der Waals surface area (Å²) in [4.78, 5) is 17.2. The lowest BCUT2D eigenvalue weighted by atomic mass is 10.1. The van der Waals surface area contributed by atoms with E-state index in [2.05, 4.69) is 12.2 Å². The summed E-state index contributed by atoms with van der Waals surface area (Å²) in [7, 11) is 0. The zero-order valence-corrected chi connectivity index (χ0v) is 16.0. The topological polar surface area (TPSA) is 46.4 Å². The van der Waals surface area contributed by atoms with E-state index in [1.165, 1.54) is 0 Å². The van der Waals surface area contributed by atoms with Gasteiger partial charge in [-0.1, -0.05) is 56.0 Å². The third-order valence-corrected chi connectivity index (χ3v) is 4.61. The maximum absolute atomic E-state index is 12.5. The first-order chi connectivity index (χ1) is 12.6. The van der Waals surface area contributed by atoms with Gasteiger partial charge in [0.15, 0.2) is 0 Å². The SMILES string of the molecule is CCCCCCC(=O)Nc1c(-c2cccc(Cl)c2)nc2ccc(C)cn12. The van der Waals surface area contributed by atoms with E-state index in [1.54, 1.807) is 0 Å². The quantitative estimate of drug-likeness (QED) is 0.529. The number of carbonyl (C=O) groups excluding carboxylic acids is 1. The Morgan fingerprint density at radius 2 is 2.04 bits per heavy atom. The van der Waals surface area contributed by atoms with Crippen LogP contribution < -0.4 is 5.32 Å². The first-order valence-corrected chi connectivity index (χ1v) is 9.51. The van der Waals surface area contributed by atoms with E-state index in [4.69, 9.17) is 16.6 Å². The molecule has 0 bridgehead atoms. The van der Waals surface area contributed by atoms with Crippen LogP contribution in [0.5, 0.6) is 0 Å². The average molecular weight is 370 g/mol. The highest BCUT2D eigenvalue weighted by Crippen LogP contribution is 2.30. The molecule has 3 rings (SSSR count). The standard InChI is InChI=1S/C21H24ClN3O/c1-3-4-5-6-10-19(26)24-21-20(16-8-7-9-17(22)13-16)23-18-12-11-15(2)14-25(18)21/h7-9,11-14H,3-6,10H2,1-2H3,(H,24,26). The number of hydrogen-bond acceptors (Lipinski definition) is 2. The zero-order chi connectivity index (χ0) is 18.5. The van der Waals surface area contributed by atoms with E-state index in [0.29, 0.717) is 17.3 Å². The van der Waals surface area contributed by atoms with Crippen LogP contribution in [0.3, 0.4) is 0 Å². The number of fused-ring (bicyclic) bond motifs is 1. The van der Waals surface area contributed by atoms with Crippen LogP contribution in [-0.2, 0) is 4.79 Å². The Kier molecular flexibility index (Phi) is 5.94. The third kappa shape index (κ3) is 4.25. The number of halogens is 1. The molecule has 0 radical (unpaired) electrons. The number of carbonyl (C=O) groups is 1. The van der Waals surface area contributed by atoms with Gasteiger partial charge in [0, 0.05) is 23.2 Å². The molecule has 0 unspecified atom stereocenters. The van der Waals surface area contributed by atoms with Gasteiger partial charge in [-0.05, 0) is 37.1 Å². The van der Waals surface area contributed by atoms with Gasteiger partial charge in [0.1, 0.15) is 17.2 Å². The Morgan fingerprint density at radius 1 is 1.19 bits per heavy atom. The molecule has 1 N–H and O–H groups in total. The van der Waals surface area contributed by atoms with E-state index >= 15 is 0 Å². The molecule has 0 spiro atoms. The number of pyridine rings is 1. The summed E-state index contributed by atoms with van der Waals surface area (Å²) < 4.78 is 1.94. The normalized spacial score (nSPS) is 11.0. The Labute approximate surface area is 159 Å². The molecule has 0 atom stereocenters. The van der Waals surface area contributed by atoms with Crippen molar-refractivity contribution in [3.8, 4) is 11.3 Å². The molecule has 0 aliphatic carbocycles. The lowest BCUT2D eigenvalue weighted by Crippen LogP contribution is -2.13. The number of unbranched alkanes of at least 4 members (excludes halogenated alkanes) is 3. The van der Waals surface area contributed by atoms with Crippen molar-refractivity contribution in [2.45, 2.75) is 46.0 Å². The van der Waals surface area contributed by atoms with E-state index in [0.717, 1.165) is 48.2 Å². The van der Waals surface area contributed by atoms with Crippen LogP contribution >= 0.6 is 11.6 Å². The molecule has 0 aliphatic rings. The van der Waals surface area contributed by atoms with E-state index in [-0.39, 0.29) is 5.91 Å². The summed E-state index contributed by atoms with van der Waals surface area (Å²) >= 11 is 6.15. The summed E-state index contributed by atoms with van der Waals surface area (Å²) in [6, 6.07) is 11.5. The summed E-state index contributed by atoms with van der Waals surface area (Å²) in [5, 5.41) is 3.72. The summed E-state index contributed by atoms with van der Waals surface area (Å²) in [6.45, 7) is 4.19. The molecular weight excluding hydrogens is 346 g/mol. The lowest BCUT2D eigenvalue weighted by molar-refractivity contribution is -0.116. The number of nitrogens with one attached hydrogen (secondary N) is 1. The number of hydrogen-bond donors (Lipinski definition) is 1. The summed E-state index contributed by atoms with van der Waals surface area (Å²) in [6.07, 6.45) is 6.82. The fraction of sp³-hybridized carbons (Fsp3) is 0.333. The molecule has 1 amide bonds. The van der Waals surface area contributed by atoms with E-state index in [1.807, 2.05) is 53.9 Å². The number of nitrogens with zero attached hydrogens (tertiary/aromatic N) is 2. The molecule has 136 valence electrons. The number of aryl methyl sites for hydroxylation is 1. The lowest BCUT2D eigenvalue weighted by Gasteiger charge is -2.08. The second-order valence-corrected chi connectivity index (χ2v) is 7.05. The highest BCUT2D eigenvalue weighted by molar-refractivity contribution is 6.30. The average Bonchev–Trinajstić information content (AvgIpc) is 2.96. The van der Waals surface area contributed by atoms with E-state index < -0.39 is 0 Å². The van der Waals surface area contributed by atoms with Crippen LogP contribution in [0.2, 0.25) is 5.02 Å². The van der Waals surface area contributed by atoms with Gasteiger partial charge in [-0.15, -0.1) is 0 Å². The number of rotatable bonds is 7. The monoisotopic (exact) mass is 369 g/mol. The van der Waals surface area contributed by atoms with Crippen molar-refractivity contribution in [2.75, 3.05) is 5.32 Å². The number of anilines is 1. The van der Waals surface area contributed by atoms with Crippen molar-refractivity contribution in [3.05, 3.63) is 53.2 Å². The van der Waals surface area contributed by atoms with Crippen LogP contribution in [-0.4, -0.2) is 15.3 Å². The first kappa shape index (κ1) is 18.5. The molecule has 5 heteroatoms. The Balaban J connectivity index is 1.94. The number of benzene rings is 1. The first-order valence-electron chi connectivity index (χ1n) is 9.13. The van der Waals surface area contributed by atoms with Crippen LogP contribution in [0, 0.1) is 6.92 Å². The maximum Gasteiger partial charge on any atom is 0.225 e. The molecule has 0 saturated heterocycles. The second kappa shape index (κ2) is 8.37. The minimum atomic E-state index is 0.0210. The Hall–Kier alpha value is -2.33. The van der Waals surface area contributed by atoms with Crippen LogP contribution in [0.15, 0.2) is 42.6 Å². The Morgan fingerprint density at radius 3 is 2.81 bits per heavy atom. The molecule has 0 saturated carbocycles. The van der Waals surface area contributed by atoms with Crippen molar-refractivity contribution in [3.63, 3.8) is 0 Å². The second-order valence-electron chi connectivity index (χ2n) is 6.61. The molecule has 3 aromatic rings. The van der Waals surface area contributed by atoms with Gasteiger partial charge in [-0.2, -0.15) is 0 Å². The van der Waals surface area contributed by atoms with Gasteiger partial charge in [0.2, 0.25) is 5.91 Å². The highest BCUT2D eigenvalue weighted by atomic mass is 35.5. The number of imidazole rings is 1. The fourth-order valence-corrected chi connectivity index (χ4v) is 3.20. The van der Waals surface area contributed by atoms with Gasteiger partial charge in [-0.25, -0.2) is 4.98 Å². The van der Waals surface area contributed by atoms with Gasteiger partial charge in [-0.3, -0.25) is 9.20 Å². The van der Waals surface area contributed by atoms with Crippen molar-refractivity contribution in [1.29, 1.82) is 0 Å². The molecule has 2 aromatic heterocycles. The minimum Gasteiger partial charge on any atom is -0.310 e. The van der Waals surface area contributed by atoms with Crippen LogP contribution in [0.4, 0.5) is 5.82 Å². The smallest absolute Gasteiger partial charge is 0.225 e. The van der Waals surface area contributed by atoms with E-state index in [9.17, 15) is 4.79 Å². The van der Waals surface area contributed by atoms with Crippen LogP contribution in [0.1, 0.15) is 44.6 Å². The molecule has 4 nitrogen and oxygen atoms in total. The minimum absolute atomic E-state index is 0.0210. The molecule has 0 aliphatic heterocycles. The van der Waals surface area contributed by atoms with Crippen LogP contribution in [0.25, 0.3) is 16.9 Å². The van der Waals surface area contributed by atoms with Crippen molar-refractivity contribution >= 4 is 29.0 Å². The van der Waals surface area contributed by atoms with Gasteiger partial charge in [0.25, 0.3) is 0 Å². The summed E-state index contributed by atoms with van der Waals surface area (Å²) in [5.74, 6) is 0.721. The van der Waals surface area contributed by atoms with Crippen molar-refractivity contribution in [1.82, 2.24) is 9.38 Å². The zero-order valence-electron chi connectivity index (χ0n) is 15.3. The largest absolute Gasteiger partial charge is 0.310 e. The highest BCUT2D eigenvalue weighted by Gasteiger charge is 2.16. The third-order valence-electron chi connectivity index (χ3n) is 4.38. The van der Waals surface area contributed by atoms with Crippen molar-refractivity contribution < 1.29 is 4.79 Å². The van der Waals surface area contributed by atoms with Crippen molar-refractivity contribution in [2.24, 2.45) is 0 Å². The molecular formula is C21H24ClN3O. The predicted molar refractivity (Wildman–Crippen MR) is 108 cm³/mol. The molecule has 26 heavy (non-hydrogen) atoms. The number of aromatic nitrogens is 2. The van der Waals surface area contributed by atoms with Gasteiger partial charge in [0.05, 0.1) is 0 Å².